The first-order valence-corrected chi connectivity index (χ1v) is 59.7. The fourth-order valence-corrected chi connectivity index (χ4v) is 31.0. The molecule has 0 radical (unpaired) electrons. The second kappa shape index (κ2) is 64.7. The predicted octanol–water partition coefficient (Wildman–Crippen LogP) is 19.8. The molecule has 2 spiro atoms. The lowest BCUT2D eigenvalue weighted by atomic mass is 9.92. The van der Waals surface area contributed by atoms with E-state index in [2.05, 4.69) is 121 Å². The van der Waals surface area contributed by atoms with Crippen molar-refractivity contribution in [2.24, 2.45) is 10.8 Å². The van der Waals surface area contributed by atoms with Crippen LogP contribution in [0, 0.1) is 10.8 Å². The number of hydrogen-bond donors (Lipinski definition) is 4. The molecule has 2 aromatic rings. The number of cyclic esters (lactones) is 4. The van der Waals surface area contributed by atoms with E-state index in [0.29, 0.717) is 100 Å². The van der Waals surface area contributed by atoms with E-state index in [1.165, 1.54) is 56.5 Å². The molecule has 10 rings (SSSR count). The van der Waals surface area contributed by atoms with Gasteiger partial charge in [0, 0.05) is 212 Å². The van der Waals surface area contributed by atoms with Gasteiger partial charge in [-0.15, -0.1) is 47.0 Å². The molecule has 4 amide bonds. The summed E-state index contributed by atoms with van der Waals surface area (Å²) in [5.41, 5.74) is 12.8. The van der Waals surface area contributed by atoms with E-state index in [4.69, 9.17) is 37.9 Å². The summed E-state index contributed by atoms with van der Waals surface area (Å²) in [4.78, 5) is 97.8. The first-order chi connectivity index (χ1) is 60.4. The van der Waals surface area contributed by atoms with Crippen LogP contribution in [-0.4, -0.2) is 296 Å². The minimum Gasteiger partial charge on any atom is -0.465 e. The Labute approximate surface area is 810 Å². The van der Waals surface area contributed by atoms with Crippen LogP contribution >= 0.6 is 188 Å². The molecule has 125 heavy (non-hydrogen) atoms. The van der Waals surface area contributed by atoms with Gasteiger partial charge < -0.3 is 48.5 Å². The number of unbranched alkanes of at least 4 members (excludes halogenated alkanes) is 3. The Bertz CT molecular complexity index is 3460. The lowest BCUT2D eigenvalue weighted by molar-refractivity contribution is -0.170. The van der Waals surface area contributed by atoms with Crippen LogP contribution < -0.4 is 21.3 Å². The van der Waals surface area contributed by atoms with Crippen LogP contribution in [0.3, 0.4) is 0 Å². The fraction of sp³-hybridized carbons (Fsp3) is 0.596. The van der Waals surface area contributed by atoms with Gasteiger partial charge in [-0.25, -0.2) is 19.2 Å². The number of amides is 4. The zero-order valence-corrected chi connectivity index (χ0v) is 84.9. The zero-order chi connectivity index (χ0) is 89.5. The fourth-order valence-electron chi connectivity index (χ4n) is 11.8. The van der Waals surface area contributed by atoms with Gasteiger partial charge in [-0.05, 0) is 54.7 Å². The molecule has 36 heteroatoms. The molecule has 0 saturated carbocycles. The lowest BCUT2D eigenvalue weighted by Gasteiger charge is -2.36. The van der Waals surface area contributed by atoms with Crippen LogP contribution in [0.4, 0.5) is 30.6 Å². The van der Waals surface area contributed by atoms with Crippen molar-refractivity contribution in [1.82, 2.24) is 10.6 Å². The minimum absolute atomic E-state index is 0.195. The van der Waals surface area contributed by atoms with Crippen molar-refractivity contribution in [3.05, 3.63) is 157 Å². The Hall–Kier alpha value is -3.08. The molecule has 8 saturated heterocycles. The third-order valence-corrected chi connectivity index (χ3v) is 40.0. The SMILES string of the molecule is C=C1CSCC(COC(=O)NCCCCCCNC(=O)OCC2CSCC(=C)CS2)SC1.C=C1CSCC(COC(=O)Nc2ccc(Cc3ccc(NC(=O)OCC4CSCC(=C)CS4)cc3)cc2)SC1.C=C1CSCC2(CSC1)CSCC(=C)CSC2.C=C1CSCCC(=O)OCC2(COC(=O)CCSC1)COC(=O)CCSCC(=C)CSCCC(=O)OC2. The Kier molecular flexibility index (Phi) is 56.4. The summed E-state index contributed by atoms with van der Waals surface area (Å²) in [6, 6.07) is 15.5. The molecular weight excluding hydrogens is 1890 g/mol. The highest BCUT2D eigenvalue weighted by Crippen LogP contribution is 2.41. The van der Waals surface area contributed by atoms with Gasteiger partial charge in [-0.3, -0.25) is 29.8 Å². The first-order valence-electron chi connectivity index (χ1n) is 41.7. The van der Waals surface area contributed by atoms with Gasteiger partial charge in [0.25, 0.3) is 0 Å². The maximum Gasteiger partial charge on any atom is 0.411 e. The summed E-state index contributed by atoms with van der Waals surface area (Å²) >= 11 is 29.4. The van der Waals surface area contributed by atoms with Crippen LogP contribution in [0.1, 0.15) is 62.5 Å². The van der Waals surface area contributed by atoms with Crippen LogP contribution in [0.25, 0.3) is 0 Å². The van der Waals surface area contributed by atoms with E-state index in [9.17, 15) is 38.4 Å². The number of hydrogen-bond acceptors (Lipinski definition) is 32. The monoisotopic (exact) mass is 2020 g/mol. The largest absolute Gasteiger partial charge is 0.465 e. The van der Waals surface area contributed by atoms with Gasteiger partial charge in [0.2, 0.25) is 0 Å². The van der Waals surface area contributed by atoms with Crippen molar-refractivity contribution in [2.45, 2.75) is 78.8 Å². The minimum atomic E-state index is -1.20. The number of carbonyl (C=O) groups is 8. The summed E-state index contributed by atoms with van der Waals surface area (Å²) in [6.45, 7) is 34.5. The van der Waals surface area contributed by atoms with E-state index in [0.717, 1.165) is 169 Å². The molecule has 20 nitrogen and oxygen atoms in total. The van der Waals surface area contributed by atoms with Gasteiger partial charge in [-0.1, -0.05) is 134 Å². The molecule has 2 aromatic carbocycles. The van der Waals surface area contributed by atoms with Gasteiger partial charge in [-0.2, -0.15) is 141 Å². The van der Waals surface area contributed by atoms with Crippen molar-refractivity contribution in [1.29, 1.82) is 0 Å². The van der Waals surface area contributed by atoms with Crippen LogP contribution in [0.2, 0.25) is 0 Å². The number of esters is 4. The summed E-state index contributed by atoms with van der Waals surface area (Å²) in [7, 11) is 0. The smallest absolute Gasteiger partial charge is 0.411 e. The summed E-state index contributed by atoms with van der Waals surface area (Å²) in [5.74, 6) is 25.0. The Morgan fingerprint density at radius 2 is 0.568 bits per heavy atom. The van der Waals surface area contributed by atoms with E-state index in [1.807, 2.05) is 119 Å². The standard InChI is InChI=1S/C29H34N2O4S4.C25H36O8S4.C22H36N2O4S4.C13H20S4/c1-20-14-36-18-26(38-16-20)12-34-28(32)30-24-7-3-22(4-8-24)11-23-5-9-25(10-6-23)31-29(33)35-13-27-19-37-15-21(2)17-39-27;1-19-11-34-7-3-21(26)30-15-25(16-31-22(27)4-8-35-12-19)17-32-23(28)5-9-36-13-20(2)14-37-10-6-24(29)33-18-25;1-17-11-29-15-19(31-13-17)9-27-21(25)23-7-5-3-4-6-8-24-22(26)28-10-20-16-30-12-18(2)14-32-20;1-11-3-14-7-13(8-15-4-11)9-16-5-12(2)6-17-10-13/h3-10,26-27H,1-2,11-19H2,(H,30,32)(H,31,33);1-18H2;19-20H,1-16H2,(H,23,25)(H,24,26);1-10H2. The maximum absolute atomic E-state index is 12.4. The second-order valence-electron chi connectivity index (χ2n) is 31.1. The molecule has 4 unspecified atom stereocenters. The average molecular weight is 2020 g/mol. The zero-order valence-electron chi connectivity index (χ0n) is 71.9. The second-order valence-corrected chi connectivity index (χ2v) is 48.7. The van der Waals surface area contributed by atoms with Crippen LogP contribution in [-0.2, 0) is 63.5 Å². The van der Waals surface area contributed by atoms with Crippen molar-refractivity contribution < 1.29 is 76.3 Å². The van der Waals surface area contributed by atoms with Crippen molar-refractivity contribution in [2.75, 3.05) is 238 Å². The van der Waals surface area contributed by atoms with E-state index < -0.39 is 41.5 Å². The van der Waals surface area contributed by atoms with E-state index in [1.54, 1.807) is 70.6 Å². The number of thioether (sulfide) groups is 16. The first kappa shape index (κ1) is 109. The molecule has 4 N–H and O–H groups in total. The number of alkyl carbamates (subject to hydrolysis) is 2. The van der Waals surface area contributed by atoms with Gasteiger partial charge in [0.05, 0.1) is 25.7 Å². The normalized spacial score (nSPS) is 22.4. The number of nitrogens with one attached hydrogen (secondary N) is 4. The van der Waals surface area contributed by atoms with Gasteiger partial charge in [0.1, 0.15) is 58.3 Å². The van der Waals surface area contributed by atoms with Gasteiger partial charge >= 0.3 is 48.3 Å². The molecule has 8 fully saturated rings. The number of ether oxygens (including phenoxy) is 8. The van der Waals surface area contributed by atoms with E-state index >= 15 is 0 Å². The average Bonchev–Trinajstić information content (AvgIpc) is 1.32. The molecule has 0 bridgehead atoms. The summed E-state index contributed by atoms with van der Waals surface area (Å²) in [5, 5.41) is 12.5. The third kappa shape index (κ3) is 50.6. The Morgan fingerprint density at radius 1 is 0.320 bits per heavy atom. The maximum atomic E-state index is 12.4. The highest BCUT2D eigenvalue weighted by atomic mass is 32.2. The van der Waals surface area contributed by atoms with Crippen molar-refractivity contribution >= 4 is 248 Å². The van der Waals surface area contributed by atoms with Crippen molar-refractivity contribution in [3.63, 3.8) is 0 Å². The Balaban J connectivity index is 0.000000236. The molecule has 8 aliphatic rings. The highest BCUT2D eigenvalue weighted by Gasteiger charge is 2.39. The van der Waals surface area contributed by atoms with E-state index in [-0.39, 0.29) is 64.3 Å². The molecule has 694 valence electrons. The summed E-state index contributed by atoms with van der Waals surface area (Å²) in [6.07, 6.45) is 3.76. The van der Waals surface area contributed by atoms with Gasteiger partial charge in [0.15, 0.2) is 0 Å². The molecule has 0 aromatic heterocycles. The topological polar surface area (TPSA) is 259 Å². The van der Waals surface area contributed by atoms with Crippen LogP contribution in [0.5, 0.6) is 0 Å². The molecule has 8 heterocycles. The Morgan fingerprint density at radius 3 is 0.848 bits per heavy atom. The summed E-state index contributed by atoms with van der Waals surface area (Å²) < 4.78 is 43.6. The van der Waals surface area contributed by atoms with Crippen molar-refractivity contribution in [3.8, 4) is 0 Å². The predicted molar refractivity (Wildman–Crippen MR) is 556 cm³/mol. The molecular formula is C89H126N4O16S16. The number of anilines is 2. The van der Waals surface area contributed by atoms with Crippen LogP contribution in [0.15, 0.2) is 146 Å². The third-order valence-electron chi connectivity index (χ3n) is 18.6. The number of benzene rings is 2. The molecule has 4 atom stereocenters. The molecule has 0 aliphatic carbocycles. The number of carbonyl (C=O) groups excluding carboxylic acids is 8. The molecule has 8 aliphatic heterocycles. The lowest BCUT2D eigenvalue weighted by Crippen LogP contribution is -2.44. The number of rotatable bonds is 19. The quantitative estimate of drug-likeness (QED) is 0.0441. The highest BCUT2D eigenvalue weighted by molar-refractivity contribution is 8.06.